The zero-order valence-electron chi connectivity index (χ0n) is 21.4. The maximum absolute atomic E-state index is 13.6. The minimum Gasteiger partial charge on any atom is -0.495 e. The van der Waals surface area contributed by atoms with Crippen LogP contribution in [0.15, 0.2) is 83.9 Å². The van der Waals surface area contributed by atoms with Crippen LogP contribution in [0.5, 0.6) is 5.75 Å². The van der Waals surface area contributed by atoms with Crippen LogP contribution < -0.4 is 16.0 Å². The van der Waals surface area contributed by atoms with Gasteiger partial charge in [0.2, 0.25) is 0 Å². The quantitative estimate of drug-likeness (QED) is 0.295. The van der Waals surface area contributed by atoms with E-state index in [1.54, 1.807) is 24.3 Å². The van der Waals surface area contributed by atoms with Gasteiger partial charge in [-0.1, -0.05) is 48.0 Å². The number of carbonyl (C=O) groups is 3. The first-order valence-corrected chi connectivity index (χ1v) is 12.5. The lowest BCUT2D eigenvalue weighted by molar-refractivity contribution is -0.121. The third-order valence-corrected chi connectivity index (χ3v) is 6.59. The number of carbonyl (C=O) groups excluding carboxylic acids is 3. The number of amides is 1. The molecule has 0 aliphatic rings. The molecule has 0 bridgehead atoms. The molecule has 1 unspecified atom stereocenters. The molecule has 2 N–H and O–H groups in total. The molecule has 4 rings (SSSR count). The fraction of sp³-hybridized carbons (Fsp3) is 0.167. The van der Waals surface area contributed by atoms with Gasteiger partial charge in [-0.25, -0.2) is 0 Å². The number of ketones is 2. The van der Waals surface area contributed by atoms with E-state index < -0.39 is 17.5 Å². The molecule has 1 amide bonds. The Morgan fingerprint density at radius 2 is 1.74 bits per heavy atom. The molecule has 8 nitrogen and oxygen atoms in total. The summed E-state index contributed by atoms with van der Waals surface area (Å²) in [4.78, 5) is 54.8. The van der Waals surface area contributed by atoms with E-state index in [1.807, 2.05) is 30.3 Å². The fourth-order valence-electron chi connectivity index (χ4n) is 4.39. The summed E-state index contributed by atoms with van der Waals surface area (Å²) in [6.07, 6.45) is 3.14. The Kier molecular flexibility index (Phi) is 8.36. The van der Waals surface area contributed by atoms with Crippen LogP contribution in [0.2, 0.25) is 5.02 Å². The number of hydrogen-bond acceptors (Lipinski definition) is 6. The van der Waals surface area contributed by atoms with Gasteiger partial charge in [0.05, 0.1) is 19.3 Å². The number of nitrogens with zero attached hydrogens (tertiary/aromatic N) is 2. The van der Waals surface area contributed by atoms with Gasteiger partial charge in [-0.05, 0) is 47.9 Å². The minimum absolute atomic E-state index is 0.0250. The van der Waals surface area contributed by atoms with Crippen LogP contribution in [-0.2, 0) is 17.6 Å². The number of methoxy groups -OCH3 is 1. The van der Waals surface area contributed by atoms with Crippen molar-refractivity contribution in [2.45, 2.75) is 25.8 Å². The molecule has 198 valence electrons. The molecule has 0 aliphatic heterocycles. The molecule has 0 saturated carbocycles. The highest BCUT2D eigenvalue weighted by Gasteiger charge is 2.25. The summed E-state index contributed by atoms with van der Waals surface area (Å²) < 4.78 is 6.97. The topological polar surface area (TPSA) is 121 Å². The van der Waals surface area contributed by atoms with Crippen LogP contribution in [0.25, 0.3) is 11.1 Å². The number of pyridine rings is 2. The van der Waals surface area contributed by atoms with Crippen molar-refractivity contribution in [3.05, 3.63) is 117 Å². The second-order valence-electron chi connectivity index (χ2n) is 9.01. The number of benzene rings is 2. The Morgan fingerprint density at radius 3 is 2.36 bits per heavy atom. The van der Waals surface area contributed by atoms with Crippen molar-refractivity contribution in [2.24, 2.45) is 5.73 Å². The molecular formula is C30H26ClN3O5. The van der Waals surface area contributed by atoms with E-state index in [0.29, 0.717) is 33.0 Å². The number of halogens is 1. The summed E-state index contributed by atoms with van der Waals surface area (Å²) in [7, 11) is 1.45. The predicted molar refractivity (Wildman–Crippen MR) is 148 cm³/mol. The van der Waals surface area contributed by atoms with Gasteiger partial charge in [0.15, 0.2) is 11.6 Å². The number of ether oxygens (including phenoxy) is 1. The number of primary amides is 1. The summed E-state index contributed by atoms with van der Waals surface area (Å²) in [6.45, 7) is 1.43. The Balaban J connectivity index is 1.79. The van der Waals surface area contributed by atoms with E-state index in [9.17, 15) is 19.2 Å². The largest absolute Gasteiger partial charge is 0.495 e. The van der Waals surface area contributed by atoms with Gasteiger partial charge in [-0.15, -0.1) is 0 Å². The molecule has 2 aromatic heterocycles. The van der Waals surface area contributed by atoms with Gasteiger partial charge in [0.1, 0.15) is 11.4 Å². The average Bonchev–Trinajstić information content (AvgIpc) is 2.92. The summed E-state index contributed by atoms with van der Waals surface area (Å²) in [5.41, 5.74) is 7.59. The van der Waals surface area contributed by atoms with E-state index in [-0.39, 0.29) is 30.1 Å². The summed E-state index contributed by atoms with van der Waals surface area (Å²) >= 11 is 6.21. The van der Waals surface area contributed by atoms with Crippen molar-refractivity contribution in [2.75, 3.05) is 7.11 Å². The van der Waals surface area contributed by atoms with Gasteiger partial charge >= 0.3 is 0 Å². The third-order valence-electron chi connectivity index (χ3n) is 6.35. The van der Waals surface area contributed by atoms with Gasteiger partial charge < -0.3 is 15.0 Å². The van der Waals surface area contributed by atoms with Gasteiger partial charge in [-0.2, -0.15) is 0 Å². The average molecular weight is 544 g/mol. The zero-order chi connectivity index (χ0) is 28.1. The molecule has 4 aromatic rings. The molecular weight excluding hydrogens is 518 g/mol. The molecule has 1 atom stereocenters. The monoisotopic (exact) mass is 543 g/mol. The van der Waals surface area contributed by atoms with E-state index in [4.69, 9.17) is 22.1 Å². The van der Waals surface area contributed by atoms with E-state index in [1.165, 1.54) is 43.1 Å². The standard InChI is InChI=1S/C30H26ClN3O5/c1-18(35)22-10-9-21(31)14-23(22)24-15-29(37)34(17-28(24)39-2)26(12-19-6-4-3-5-7-19)27(36)13-20-8-11-25(30(32)38)33-16-20/h3-11,14-17,26H,12-13H2,1-2H3,(H2,32,38). The highest BCUT2D eigenvalue weighted by atomic mass is 35.5. The zero-order valence-corrected chi connectivity index (χ0v) is 22.1. The molecule has 0 spiro atoms. The first-order valence-electron chi connectivity index (χ1n) is 12.1. The second kappa shape index (κ2) is 11.9. The SMILES string of the molecule is COc1cn(C(Cc2ccccc2)C(=O)Cc2ccc(C(N)=O)nc2)c(=O)cc1-c1cc(Cl)ccc1C(C)=O. The number of rotatable bonds is 10. The van der Waals surface area contributed by atoms with E-state index in [2.05, 4.69) is 4.98 Å². The van der Waals surface area contributed by atoms with Crippen LogP contribution in [-0.4, -0.2) is 34.1 Å². The minimum atomic E-state index is -0.870. The molecule has 0 aliphatic carbocycles. The van der Waals surface area contributed by atoms with Crippen molar-refractivity contribution >= 4 is 29.1 Å². The Bertz CT molecular complexity index is 1600. The number of aromatic nitrogens is 2. The van der Waals surface area contributed by atoms with Crippen LogP contribution in [0.4, 0.5) is 0 Å². The highest BCUT2D eigenvalue weighted by Crippen LogP contribution is 2.34. The molecule has 2 heterocycles. The highest BCUT2D eigenvalue weighted by molar-refractivity contribution is 6.31. The molecule has 0 radical (unpaired) electrons. The molecule has 0 fully saturated rings. The molecule has 2 aromatic carbocycles. The van der Waals surface area contributed by atoms with Gasteiger partial charge in [0.25, 0.3) is 11.5 Å². The number of Topliss-reactive ketones (excluding diaryl/α,β-unsaturated/α-hetero) is 2. The smallest absolute Gasteiger partial charge is 0.267 e. The first-order chi connectivity index (χ1) is 18.7. The van der Waals surface area contributed by atoms with Crippen LogP contribution in [0.3, 0.4) is 0 Å². The van der Waals surface area contributed by atoms with E-state index in [0.717, 1.165) is 5.56 Å². The van der Waals surface area contributed by atoms with Gasteiger partial charge in [0, 0.05) is 41.3 Å². The lowest BCUT2D eigenvalue weighted by Gasteiger charge is -2.21. The molecule has 39 heavy (non-hydrogen) atoms. The van der Waals surface area contributed by atoms with Crippen molar-refractivity contribution in [3.63, 3.8) is 0 Å². The normalized spacial score (nSPS) is 11.6. The molecule has 0 saturated heterocycles. The van der Waals surface area contributed by atoms with Crippen LogP contribution in [0.1, 0.15) is 44.9 Å². The van der Waals surface area contributed by atoms with Crippen molar-refractivity contribution in [1.82, 2.24) is 9.55 Å². The van der Waals surface area contributed by atoms with Crippen molar-refractivity contribution in [1.29, 1.82) is 0 Å². The summed E-state index contributed by atoms with van der Waals surface area (Å²) in [6, 6.07) is 17.7. The lowest BCUT2D eigenvalue weighted by atomic mass is 9.96. The summed E-state index contributed by atoms with van der Waals surface area (Å²) in [5, 5.41) is 0.398. The van der Waals surface area contributed by atoms with Crippen LogP contribution >= 0.6 is 11.6 Å². The maximum Gasteiger partial charge on any atom is 0.267 e. The Labute approximate surface area is 230 Å². The van der Waals surface area contributed by atoms with Gasteiger partial charge in [-0.3, -0.25) is 24.2 Å². The van der Waals surface area contributed by atoms with E-state index >= 15 is 0 Å². The fourth-order valence-corrected chi connectivity index (χ4v) is 4.56. The van der Waals surface area contributed by atoms with Crippen molar-refractivity contribution < 1.29 is 19.1 Å². The first kappa shape index (κ1) is 27.5. The second-order valence-corrected chi connectivity index (χ2v) is 9.45. The lowest BCUT2D eigenvalue weighted by Crippen LogP contribution is -2.32. The Morgan fingerprint density at radius 1 is 1.00 bits per heavy atom. The van der Waals surface area contributed by atoms with Crippen LogP contribution in [0, 0.1) is 0 Å². The predicted octanol–water partition coefficient (Wildman–Crippen LogP) is 4.47. The number of hydrogen-bond donors (Lipinski definition) is 1. The number of nitrogens with two attached hydrogens (primary N) is 1. The van der Waals surface area contributed by atoms with Crippen molar-refractivity contribution in [3.8, 4) is 16.9 Å². The molecule has 9 heteroatoms. The summed E-state index contributed by atoms with van der Waals surface area (Å²) in [5.74, 6) is -0.795. The maximum atomic E-state index is 13.6. The Hall–Kier alpha value is -4.56. The third kappa shape index (κ3) is 6.30.